The quantitative estimate of drug-likeness (QED) is 0.566. The zero-order valence-corrected chi connectivity index (χ0v) is 18.4. The van der Waals surface area contributed by atoms with Crippen molar-refractivity contribution >= 4 is 33.1 Å². The zero-order chi connectivity index (χ0) is 23.8. The number of aromatic nitrogens is 3. The fraction of sp³-hybridized carbons (Fsp3) is 0.350. The van der Waals surface area contributed by atoms with Crippen LogP contribution in [0.3, 0.4) is 0 Å². The fourth-order valence-electron chi connectivity index (χ4n) is 4.90. The Bertz CT molecular complexity index is 1450. The van der Waals surface area contributed by atoms with Gasteiger partial charge in [-0.05, 0) is 37.8 Å². The van der Waals surface area contributed by atoms with E-state index in [4.69, 9.17) is 17.3 Å². The second-order valence-corrected chi connectivity index (χ2v) is 10.7. The summed E-state index contributed by atoms with van der Waals surface area (Å²) in [5.41, 5.74) is 3.75. The van der Waals surface area contributed by atoms with Crippen molar-refractivity contribution in [1.29, 1.82) is 5.26 Å². The highest BCUT2D eigenvalue weighted by Crippen LogP contribution is 2.61. The van der Waals surface area contributed by atoms with E-state index in [0.29, 0.717) is 25.7 Å². The Morgan fingerprint density at radius 3 is 2.64 bits per heavy atom. The summed E-state index contributed by atoms with van der Waals surface area (Å²) in [6.45, 7) is 0. The first-order chi connectivity index (χ1) is 15.4. The zero-order valence-electron chi connectivity index (χ0n) is 16.8. The van der Waals surface area contributed by atoms with Gasteiger partial charge in [-0.15, -0.1) is 0 Å². The topological polar surface area (TPSA) is 126 Å². The summed E-state index contributed by atoms with van der Waals surface area (Å²) < 4.78 is 69.8. The largest absolute Gasteiger partial charge is 0.434 e. The van der Waals surface area contributed by atoms with Gasteiger partial charge in [-0.3, -0.25) is 4.40 Å². The van der Waals surface area contributed by atoms with Crippen LogP contribution in [0.2, 0.25) is 5.02 Å². The third kappa shape index (κ3) is 3.42. The van der Waals surface area contributed by atoms with Gasteiger partial charge in [-0.1, -0.05) is 17.7 Å². The van der Waals surface area contributed by atoms with Crippen LogP contribution in [-0.2, 0) is 16.2 Å². The Labute approximate surface area is 191 Å². The third-order valence-corrected chi connectivity index (χ3v) is 8.41. The molecule has 3 aliphatic rings. The number of halogens is 4. The number of nitriles is 1. The first-order valence-corrected chi connectivity index (χ1v) is 11.7. The van der Waals surface area contributed by atoms with E-state index in [-0.39, 0.29) is 26.8 Å². The molecule has 0 radical (unpaired) electrons. The predicted molar refractivity (Wildman–Crippen MR) is 112 cm³/mol. The molecule has 2 bridgehead atoms. The van der Waals surface area contributed by atoms with E-state index in [1.807, 2.05) is 0 Å². The number of nitrogens with two attached hydrogens (primary N) is 1. The van der Waals surface area contributed by atoms with Crippen LogP contribution < -0.4 is 10.5 Å². The highest BCUT2D eigenvalue weighted by Gasteiger charge is 2.62. The van der Waals surface area contributed by atoms with Gasteiger partial charge >= 0.3 is 6.18 Å². The van der Waals surface area contributed by atoms with Crippen molar-refractivity contribution in [3.63, 3.8) is 0 Å². The summed E-state index contributed by atoms with van der Waals surface area (Å²) in [6.07, 6.45) is -0.648. The van der Waals surface area contributed by atoms with Crippen LogP contribution in [0.25, 0.3) is 16.9 Å². The molecule has 6 rings (SSSR count). The monoisotopic (exact) mass is 496 g/mol. The van der Waals surface area contributed by atoms with E-state index in [1.54, 1.807) is 0 Å². The number of nitrogen functional groups attached to an aromatic ring is 1. The maximum Gasteiger partial charge on any atom is 0.434 e. The number of sulfonamides is 1. The number of imidazole rings is 1. The number of rotatable bonds is 4. The minimum Gasteiger partial charge on any atom is -0.381 e. The first-order valence-electron chi connectivity index (χ1n) is 9.83. The maximum atomic E-state index is 13.2. The predicted octanol–water partition coefficient (Wildman–Crippen LogP) is 3.77. The number of nitrogens with zero attached hydrogens (tertiary/aromatic N) is 4. The van der Waals surface area contributed by atoms with Crippen LogP contribution in [0.4, 0.5) is 19.0 Å². The van der Waals surface area contributed by atoms with Crippen molar-refractivity contribution in [2.45, 2.75) is 42.3 Å². The number of alkyl halides is 3. The summed E-state index contributed by atoms with van der Waals surface area (Å²) in [7, 11) is -4.07. The van der Waals surface area contributed by atoms with Crippen molar-refractivity contribution in [3.8, 4) is 17.3 Å². The van der Waals surface area contributed by atoms with Crippen molar-refractivity contribution in [3.05, 3.63) is 41.3 Å². The molecule has 0 spiro atoms. The average molecular weight is 497 g/mol. The molecule has 33 heavy (non-hydrogen) atoms. The highest BCUT2D eigenvalue weighted by molar-refractivity contribution is 7.89. The minimum atomic E-state index is -4.73. The molecule has 3 aromatic rings. The fourth-order valence-corrected chi connectivity index (χ4v) is 6.86. The molecule has 172 valence electrons. The Morgan fingerprint density at radius 2 is 2.00 bits per heavy atom. The molecule has 13 heteroatoms. The Kier molecular flexibility index (Phi) is 4.53. The number of hydrogen-bond acceptors (Lipinski definition) is 6. The van der Waals surface area contributed by atoms with Gasteiger partial charge in [-0.2, -0.15) is 18.4 Å². The molecule has 1 aromatic carbocycles. The molecule has 0 aliphatic heterocycles. The molecule has 0 amide bonds. The number of nitrogens with one attached hydrogen (secondary N) is 1. The lowest BCUT2D eigenvalue weighted by Gasteiger charge is -2.43. The molecule has 3 N–H and O–H groups in total. The molecule has 0 atom stereocenters. The smallest absolute Gasteiger partial charge is 0.381 e. The summed E-state index contributed by atoms with van der Waals surface area (Å²) >= 11 is 6.20. The second kappa shape index (κ2) is 6.82. The Hall–Kier alpha value is -2.88. The van der Waals surface area contributed by atoms with Crippen molar-refractivity contribution in [1.82, 2.24) is 19.1 Å². The summed E-state index contributed by atoms with van der Waals surface area (Å²) in [5, 5.41) is 9.27. The SMILES string of the molecule is N#CC12CCC(NS(=O)(=O)c3cc(-c4cnc5c(N)nc(C(F)(F)F)cn45)ccc3Cl)(C1)C2. The average Bonchev–Trinajstić information content (AvgIpc) is 3.39. The van der Waals surface area contributed by atoms with Gasteiger partial charge in [0.1, 0.15) is 4.90 Å². The molecule has 3 aliphatic carbocycles. The molecule has 0 unspecified atom stereocenters. The van der Waals surface area contributed by atoms with Crippen LogP contribution in [0.5, 0.6) is 0 Å². The van der Waals surface area contributed by atoms with E-state index in [1.165, 1.54) is 24.4 Å². The van der Waals surface area contributed by atoms with Crippen LogP contribution >= 0.6 is 11.6 Å². The van der Waals surface area contributed by atoms with Crippen LogP contribution in [0.15, 0.2) is 35.5 Å². The second-order valence-electron chi connectivity index (χ2n) is 8.62. The van der Waals surface area contributed by atoms with Gasteiger partial charge in [0, 0.05) is 17.3 Å². The van der Waals surface area contributed by atoms with E-state index in [9.17, 15) is 26.9 Å². The van der Waals surface area contributed by atoms with Gasteiger partial charge in [0.15, 0.2) is 17.2 Å². The third-order valence-electron chi connectivity index (χ3n) is 6.35. The van der Waals surface area contributed by atoms with Gasteiger partial charge < -0.3 is 5.73 Å². The number of benzene rings is 1. The van der Waals surface area contributed by atoms with Gasteiger partial charge in [0.2, 0.25) is 10.0 Å². The molecule has 8 nitrogen and oxygen atoms in total. The highest BCUT2D eigenvalue weighted by atomic mass is 35.5. The number of anilines is 1. The minimum absolute atomic E-state index is 0.00244. The number of hydrogen-bond donors (Lipinski definition) is 2. The van der Waals surface area contributed by atoms with Crippen LogP contribution in [0.1, 0.15) is 31.4 Å². The van der Waals surface area contributed by atoms with E-state index < -0.39 is 38.7 Å². The molecule has 3 fully saturated rings. The van der Waals surface area contributed by atoms with Crippen molar-refractivity contribution in [2.24, 2.45) is 5.41 Å². The van der Waals surface area contributed by atoms with E-state index >= 15 is 0 Å². The summed E-state index contributed by atoms with van der Waals surface area (Å²) in [5.74, 6) is -0.411. The molecular weight excluding hydrogens is 481 g/mol. The standard InChI is InChI=1S/C20H16ClF3N6O2S/c21-12-2-1-11(13-6-27-17-16(26)28-15(7-30(13)17)20(22,23)24)5-14(12)33(31,32)29-19-4-3-18(8-19,9-19)10-25/h1-2,5-7,29H,3-4,8-9H2,(H2,26,28). The normalized spacial score (nSPS) is 24.6. The summed E-state index contributed by atoms with van der Waals surface area (Å²) in [6, 6.07) is 6.38. The lowest BCUT2D eigenvalue weighted by Crippen LogP contribution is -2.55. The van der Waals surface area contributed by atoms with Gasteiger partial charge in [0.25, 0.3) is 0 Å². The van der Waals surface area contributed by atoms with Gasteiger partial charge in [0.05, 0.1) is 28.4 Å². The van der Waals surface area contributed by atoms with Crippen molar-refractivity contribution in [2.75, 3.05) is 5.73 Å². The molecular formula is C20H16ClF3N6O2S. The van der Waals surface area contributed by atoms with E-state index in [2.05, 4.69) is 20.8 Å². The Morgan fingerprint density at radius 1 is 1.27 bits per heavy atom. The first kappa shape index (κ1) is 21.9. The molecule has 2 aromatic heterocycles. The van der Waals surface area contributed by atoms with Crippen LogP contribution in [0, 0.1) is 16.7 Å². The molecule has 0 saturated heterocycles. The lowest BCUT2D eigenvalue weighted by atomic mass is 9.66. The van der Waals surface area contributed by atoms with Crippen LogP contribution in [-0.4, -0.2) is 28.3 Å². The number of fused-ring (bicyclic) bond motifs is 2. The van der Waals surface area contributed by atoms with Crippen molar-refractivity contribution < 1.29 is 21.6 Å². The molecule has 3 saturated carbocycles. The lowest BCUT2D eigenvalue weighted by molar-refractivity contribution is -0.141. The Balaban J connectivity index is 1.56. The molecule has 2 heterocycles. The van der Waals surface area contributed by atoms with Gasteiger partial charge in [-0.25, -0.2) is 23.1 Å². The summed E-state index contributed by atoms with van der Waals surface area (Å²) in [4.78, 5) is 7.16. The van der Waals surface area contributed by atoms with E-state index in [0.717, 1.165) is 10.6 Å². The maximum absolute atomic E-state index is 13.2.